The molecule has 0 aromatic heterocycles. The highest BCUT2D eigenvalue weighted by atomic mass is 31.2. The average molecular weight is 597 g/mol. The maximum Gasteiger partial charge on any atom is 0.346 e. The van der Waals surface area contributed by atoms with E-state index in [-0.39, 0.29) is 37.9 Å². The minimum atomic E-state index is -3.81. The first-order valence-corrected chi connectivity index (χ1v) is 18.8. The molecule has 0 aliphatic carbocycles. The Morgan fingerprint density at radius 1 is 0.692 bits per heavy atom. The Morgan fingerprint density at radius 2 is 1.08 bits per heavy atom. The molecule has 218 valence electrons. The van der Waals surface area contributed by atoms with Gasteiger partial charge in [-0.15, -0.1) is 0 Å². The molecule has 0 radical (unpaired) electrons. The summed E-state index contributed by atoms with van der Waals surface area (Å²) in [7, 11) is -10.3. The minimum absolute atomic E-state index is 0.124. The van der Waals surface area contributed by atoms with Crippen LogP contribution in [-0.2, 0) is 31.7 Å². The number of hydrogen-bond acceptors (Lipinski definition) is 7. The second kappa shape index (κ2) is 15.6. The fourth-order valence-electron chi connectivity index (χ4n) is 4.79. The second-order valence-electron chi connectivity index (χ2n) is 9.91. The molecule has 0 atom stereocenters. The Kier molecular flexibility index (Phi) is 13.5. The van der Waals surface area contributed by atoms with Gasteiger partial charge in [0.15, 0.2) is 5.40 Å². The molecular formula is C29H46O7P2Si. The van der Waals surface area contributed by atoms with Gasteiger partial charge in [0.1, 0.15) is 0 Å². The quantitative estimate of drug-likeness (QED) is 0.107. The highest BCUT2D eigenvalue weighted by Crippen LogP contribution is 2.71. The summed E-state index contributed by atoms with van der Waals surface area (Å²) in [5, 5.41) is 1.12. The molecular weight excluding hydrogens is 550 g/mol. The van der Waals surface area contributed by atoms with E-state index in [1.165, 1.54) is 10.4 Å². The summed E-state index contributed by atoms with van der Waals surface area (Å²) >= 11 is 0. The molecule has 0 aliphatic heterocycles. The SMILES string of the molecule is CCOP(=O)(OCC)C(C/C=C/CO[Si](c1ccccc1)(c1ccccc1)C(C)(C)C)P(=O)(OCC)OCC. The normalized spacial score (nSPS) is 13.4. The summed E-state index contributed by atoms with van der Waals surface area (Å²) in [6, 6.07) is 20.8. The fraction of sp³-hybridized carbons (Fsp3) is 0.517. The van der Waals surface area contributed by atoms with Gasteiger partial charge in [-0.25, -0.2) is 0 Å². The van der Waals surface area contributed by atoms with Crippen LogP contribution >= 0.6 is 15.2 Å². The van der Waals surface area contributed by atoms with Gasteiger partial charge < -0.3 is 22.5 Å². The van der Waals surface area contributed by atoms with Gasteiger partial charge in [0.25, 0.3) is 8.32 Å². The van der Waals surface area contributed by atoms with Crippen LogP contribution in [0.3, 0.4) is 0 Å². The third-order valence-corrected chi connectivity index (χ3v) is 17.3. The Balaban J connectivity index is 2.42. The Morgan fingerprint density at radius 3 is 1.41 bits per heavy atom. The van der Waals surface area contributed by atoms with Crippen LogP contribution in [0.2, 0.25) is 5.04 Å². The monoisotopic (exact) mass is 596 g/mol. The van der Waals surface area contributed by atoms with Crippen molar-refractivity contribution in [2.24, 2.45) is 0 Å². The van der Waals surface area contributed by atoms with Gasteiger partial charge in [-0.05, 0) is 49.5 Å². The van der Waals surface area contributed by atoms with Gasteiger partial charge in [-0.1, -0.05) is 93.6 Å². The van der Waals surface area contributed by atoms with Gasteiger partial charge in [0, 0.05) is 0 Å². The summed E-state index contributed by atoms with van der Waals surface area (Å²) < 4.78 is 56.8. The molecule has 0 bridgehead atoms. The van der Waals surface area contributed by atoms with Crippen molar-refractivity contribution in [2.75, 3.05) is 33.0 Å². The number of hydrogen-bond donors (Lipinski definition) is 0. The first-order chi connectivity index (χ1) is 18.5. The predicted octanol–water partition coefficient (Wildman–Crippen LogP) is 7.37. The summed E-state index contributed by atoms with van der Waals surface area (Å²) in [6.45, 7) is 14.5. The predicted molar refractivity (Wildman–Crippen MR) is 163 cm³/mol. The molecule has 0 heterocycles. The van der Waals surface area contributed by atoms with Gasteiger partial charge in [-0.3, -0.25) is 9.13 Å². The Labute approximate surface area is 236 Å². The molecule has 0 spiro atoms. The lowest BCUT2D eigenvalue weighted by atomic mass is 10.2. The number of rotatable bonds is 17. The standard InChI is InChI=1S/C29H46O7P2Si/c1-8-32-37(30,33-9-2)28(38(31,34-10-3)35-11-4)24-18-19-25-36-39(29(5,6)7,26-20-14-12-15-21-26)27-22-16-13-17-23-27/h12-23,28H,8-11,24-25H2,1-7H3/b19-18+. The highest BCUT2D eigenvalue weighted by molar-refractivity contribution is 7.72. The van der Waals surface area contributed by atoms with E-state index in [2.05, 4.69) is 45.0 Å². The first kappa shape index (κ1) is 33.9. The van der Waals surface area contributed by atoms with Crippen LogP contribution in [0, 0.1) is 0 Å². The molecule has 39 heavy (non-hydrogen) atoms. The third-order valence-electron chi connectivity index (χ3n) is 6.29. The summed E-state index contributed by atoms with van der Waals surface area (Å²) in [5.74, 6) is 0. The smallest absolute Gasteiger partial charge is 0.346 e. The molecule has 7 nitrogen and oxygen atoms in total. The molecule has 2 rings (SSSR count). The van der Waals surface area contributed by atoms with Crippen molar-refractivity contribution in [3.05, 3.63) is 72.8 Å². The van der Waals surface area contributed by atoms with Crippen LogP contribution in [-0.4, -0.2) is 46.8 Å². The fourth-order valence-corrected chi connectivity index (χ4v) is 14.5. The summed E-state index contributed by atoms with van der Waals surface area (Å²) in [5.41, 5.74) is 0. The largest absolute Gasteiger partial charge is 0.404 e. The third kappa shape index (κ3) is 8.34. The van der Waals surface area contributed by atoms with Gasteiger partial charge in [-0.2, -0.15) is 0 Å². The lowest BCUT2D eigenvalue weighted by Gasteiger charge is -2.42. The molecule has 2 aromatic rings. The first-order valence-electron chi connectivity index (χ1n) is 13.7. The van der Waals surface area contributed by atoms with Crippen molar-refractivity contribution in [2.45, 2.75) is 65.3 Å². The molecule has 0 unspecified atom stereocenters. The molecule has 0 amide bonds. The van der Waals surface area contributed by atoms with E-state index in [1.807, 2.05) is 48.6 Å². The second-order valence-corrected chi connectivity index (χ2v) is 19.1. The van der Waals surface area contributed by atoms with Crippen LogP contribution in [0.4, 0.5) is 0 Å². The van der Waals surface area contributed by atoms with Crippen molar-refractivity contribution in [1.82, 2.24) is 0 Å². The van der Waals surface area contributed by atoms with Crippen LogP contribution in [0.25, 0.3) is 0 Å². The van der Waals surface area contributed by atoms with Crippen molar-refractivity contribution in [3.63, 3.8) is 0 Å². The average Bonchev–Trinajstić information content (AvgIpc) is 2.89. The minimum Gasteiger partial charge on any atom is -0.404 e. The Hall–Kier alpha value is -1.34. The van der Waals surface area contributed by atoms with Crippen LogP contribution < -0.4 is 10.4 Å². The summed E-state index contributed by atoms with van der Waals surface area (Å²) in [4.78, 5) is 0. The van der Waals surface area contributed by atoms with Crippen molar-refractivity contribution in [1.29, 1.82) is 0 Å². The zero-order chi connectivity index (χ0) is 29.0. The van der Waals surface area contributed by atoms with Crippen molar-refractivity contribution in [3.8, 4) is 0 Å². The molecule has 2 aromatic carbocycles. The number of benzene rings is 2. The van der Waals surface area contributed by atoms with Crippen LogP contribution in [0.1, 0.15) is 54.9 Å². The zero-order valence-electron chi connectivity index (χ0n) is 24.5. The van der Waals surface area contributed by atoms with Crippen molar-refractivity contribution < 1.29 is 31.7 Å². The van der Waals surface area contributed by atoms with Crippen LogP contribution in [0.15, 0.2) is 72.8 Å². The molecule has 0 fully saturated rings. The molecule has 0 saturated heterocycles. The van der Waals surface area contributed by atoms with Crippen LogP contribution in [0.5, 0.6) is 0 Å². The number of allylic oxidation sites excluding steroid dienone is 1. The van der Waals surface area contributed by atoms with Gasteiger partial charge >= 0.3 is 15.2 Å². The molecule has 0 N–H and O–H groups in total. The lowest BCUT2D eigenvalue weighted by Crippen LogP contribution is -2.66. The highest BCUT2D eigenvalue weighted by Gasteiger charge is 2.51. The summed E-state index contributed by atoms with van der Waals surface area (Å²) in [6.07, 6.45) is 3.83. The zero-order valence-corrected chi connectivity index (χ0v) is 27.3. The van der Waals surface area contributed by atoms with E-state index < -0.39 is 28.9 Å². The topological polar surface area (TPSA) is 80.3 Å². The Bertz CT molecular complexity index is 1010. The van der Waals surface area contributed by atoms with E-state index in [4.69, 9.17) is 22.5 Å². The van der Waals surface area contributed by atoms with E-state index in [0.717, 1.165) is 0 Å². The van der Waals surface area contributed by atoms with E-state index in [0.29, 0.717) is 6.61 Å². The van der Waals surface area contributed by atoms with Gasteiger partial charge in [0.05, 0.1) is 33.0 Å². The van der Waals surface area contributed by atoms with E-state index >= 15 is 0 Å². The molecule has 0 aliphatic rings. The maximum atomic E-state index is 13.8. The maximum absolute atomic E-state index is 13.8. The lowest BCUT2D eigenvalue weighted by molar-refractivity contribution is 0.195. The van der Waals surface area contributed by atoms with Crippen molar-refractivity contribution >= 4 is 33.9 Å². The van der Waals surface area contributed by atoms with E-state index in [9.17, 15) is 9.13 Å². The van der Waals surface area contributed by atoms with E-state index in [1.54, 1.807) is 27.7 Å². The molecule has 10 heteroatoms. The van der Waals surface area contributed by atoms with Gasteiger partial charge in [0.2, 0.25) is 0 Å². The molecule has 0 saturated carbocycles.